The number of ether oxygens (including phenoxy) is 2. The van der Waals surface area contributed by atoms with Crippen LogP contribution in [0.3, 0.4) is 0 Å². The molecule has 28 heavy (non-hydrogen) atoms. The van der Waals surface area contributed by atoms with Gasteiger partial charge in [-0.25, -0.2) is 9.18 Å². The first-order valence-corrected chi connectivity index (χ1v) is 8.26. The number of benzene rings is 2. The number of carbonyl (C=O) groups excluding carboxylic acids is 1. The SMILES string of the molecule is COC(=O)C(C)N1NNc2cc(Oc3c(F)cc(C(F)(F)F)cc3Cl)ccc21. The predicted octanol–water partition coefficient (Wildman–Crippen LogP) is 4.50. The summed E-state index contributed by atoms with van der Waals surface area (Å²) in [7, 11) is 1.27. The molecular weight excluding hydrogens is 406 g/mol. The Morgan fingerprint density at radius 1 is 1.25 bits per heavy atom. The number of hydrogen-bond acceptors (Lipinski definition) is 6. The van der Waals surface area contributed by atoms with Gasteiger partial charge in [-0.05, 0) is 31.2 Å². The van der Waals surface area contributed by atoms with Gasteiger partial charge in [0, 0.05) is 6.07 Å². The van der Waals surface area contributed by atoms with Gasteiger partial charge < -0.3 is 14.9 Å². The van der Waals surface area contributed by atoms with Gasteiger partial charge in [-0.1, -0.05) is 11.6 Å². The van der Waals surface area contributed by atoms with Gasteiger partial charge >= 0.3 is 12.1 Å². The van der Waals surface area contributed by atoms with Crippen LogP contribution in [0.4, 0.5) is 28.9 Å². The number of hydrogen-bond donors (Lipinski definition) is 2. The average Bonchev–Trinajstić information content (AvgIpc) is 3.05. The van der Waals surface area contributed by atoms with Crippen molar-refractivity contribution < 1.29 is 31.8 Å². The van der Waals surface area contributed by atoms with Crippen molar-refractivity contribution in [1.29, 1.82) is 0 Å². The molecule has 0 saturated carbocycles. The molecule has 1 aliphatic heterocycles. The zero-order valence-corrected chi connectivity index (χ0v) is 15.3. The Morgan fingerprint density at radius 2 is 1.96 bits per heavy atom. The van der Waals surface area contributed by atoms with E-state index in [0.29, 0.717) is 23.5 Å². The number of carbonyl (C=O) groups is 1. The van der Waals surface area contributed by atoms with Crippen molar-refractivity contribution in [2.75, 3.05) is 17.5 Å². The summed E-state index contributed by atoms with van der Waals surface area (Å²) in [4.78, 5) is 11.7. The van der Waals surface area contributed by atoms with Crippen LogP contribution in [0.5, 0.6) is 11.5 Å². The van der Waals surface area contributed by atoms with Gasteiger partial charge in [-0.2, -0.15) is 13.2 Å². The van der Waals surface area contributed by atoms with Crippen molar-refractivity contribution >= 4 is 28.9 Å². The predicted molar refractivity (Wildman–Crippen MR) is 93.6 cm³/mol. The molecule has 1 unspecified atom stereocenters. The molecule has 0 amide bonds. The van der Waals surface area contributed by atoms with Crippen molar-refractivity contribution in [3.63, 3.8) is 0 Å². The Morgan fingerprint density at radius 3 is 2.57 bits per heavy atom. The van der Waals surface area contributed by atoms with E-state index in [4.69, 9.17) is 21.1 Å². The minimum atomic E-state index is -4.73. The number of methoxy groups -OCH3 is 1. The van der Waals surface area contributed by atoms with Crippen molar-refractivity contribution in [3.8, 4) is 11.5 Å². The largest absolute Gasteiger partial charge is 0.467 e. The molecule has 6 nitrogen and oxygen atoms in total. The quantitative estimate of drug-likeness (QED) is 0.562. The van der Waals surface area contributed by atoms with E-state index in [1.807, 2.05) is 0 Å². The highest BCUT2D eigenvalue weighted by molar-refractivity contribution is 6.32. The molecule has 3 rings (SSSR count). The lowest BCUT2D eigenvalue weighted by Gasteiger charge is -2.23. The van der Waals surface area contributed by atoms with Crippen LogP contribution in [-0.4, -0.2) is 19.1 Å². The highest BCUT2D eigenvalue weighted by Gasteiger charge is 2.33. The fraction of sp³-hybridized carbons (Fsp3) is 0.235. The average molecular weight is 420 g/mol. The van der Waals surface area contributed by atoms with Gasteiger partial charge in [0.05, 0.1) is 29.1 Å². The van der Waals surface area contributed by atoms with Crippen LogP contribution in [0.1, 0.15) is 12.5 Å². The fourth-order valence-electron chi connectivity index (χ4n) is 2.59. The third kappa shape index (κ3) is 3.78. The minimum absolute atomic E-state index is 0.126. The Hall–Kier alpha value is -2.72. The first kappa shape index (κ1) is 20.0. The summed E-state index contributed by atoms with van der Waals surface area (Å²) < 4.78 is 62.3. The van der Waals surface area contributed by atoms with E-state index in [1.165, 1.54) is 24.3 Å². The van der Waals surface area contributed by atoms with Crippen LogP contribution in [0.2, 0.25) is 5.02 Å². The van der Waals surface area contributed by atoms with Gasteiger partial charge in [0.25, 0.3) is 0 Å². The maximum atomic E-state index is 14.1. The normalized spacial score (nSPS) is 14.3. The molecule has 1 heterocycles. The Kier molecular flexibility index (Phi) is 5.26. The lowest BCUT2D eigenvalue weighted by atomic mass is 10.2. The zero-order chi connectivity index (χ0) is 20.6. The number of nitrogens with zero attached hydrogens (tertiary/aromatic N) is 1. The zero-order valence-electron chi connectivity index (χ0n) is 14.5. The van der Waals surface area contributed by atoms with Crippen molar-refractivity contribution in [1.82, 2.24) is 5.53 Å². The minimum Gasteiger partial charge on any atom is -0.467 e. The molecule has 0 aromatic heterocycles. The molecule has 1 atom stereocenters. The molecule has 0 aliphatic carbocycles. The molecule has 2 aromatic carbocycles. The lowest BCUT2D eigenvalue weighted by Crippen LogP contribution is -2.47. The maximum Gasteiger partial charge on any atom is 0.416 e. The third-order valence-electron chi connectivity index (χ3n) is 4.01. The molecule has 0 bridgehead atoms. The van der Waals surface area contributed by atoms with Crippen LogP contribution in [0.25, 0.3) is 0 Å². The number of alkyl halides is 3. The molecule has 2 N–H and O–H groups in total. The van der Waals surface area contributed by atoms with Gasteiger partial charge in [-0.3, -0.25) is 5.01 Å². The Balaban J connectivity index is 1.85. The van der Waals surface area contributed by atoms with Crippen molar-refractivity contribution in [3.05, 3.63) is 46.7 Å². The van der Waals surface area contributed by atoms with E-state index in [-0.39, 0.29) is 5.75 Å². The summed E-state index contributed by atoms with van der Waals surface area (Å²) in [5.41, 5.74) is 5.45. The van der Waals surface area contributed by atoms with E-state index >= 15 is 0 Å². The summed E-state index contributed by atoms with van der Waals surface area (Å²) in [5.74, 6) is -2.12. The number of halogens is 5. The highest BCUT2D eigenvalue weighted by atomic mass is 35.5. The monoisotopic (exact) mass is 419 g/mol. The van der Waals surface area contributed by atoms with E-state index in [0.717, 1.165) is 0 Å². The third-order valence-corrected chi connectivity index (χ3v) is 4.29. The van der Waals surface area contributed by atoms with Crippen LogP contribution < -0.4 is 20.7 Å². The molecule has 0 fully saturated rings. The molecule has 0 spiro atoms. The molecule has 11 heteroatoms. The second-order valence-corrected chi connectivity index (χ2v) is 6.26. The van der Waals surface area contributed by atoms with Crippen molar-refractivity contribution in [2.24, 2.45) is 0 Å². The van der Waals surface area contributed by atoms with Gasteiger partial charge in [-0.15, -0.1) is 5.53 Å². The Labute approximate surface area is 161 Å². The number of hydrazine groups is 2. The number of nitrogens with one attached hydrogen (secondary N) is 2. The van der Waals surface area contributed by atoms with E-state index in [9.17, 15) is 22.4 Å². The van der Waals surface area contributed by atoms with E-state index in [2.05, 4.69) is 11.0 Å². The van der Waals surface area contributed by atoms with Gasteiger partial charge in [0.15, 0.2) is 11.6 Å². The topological polar surface area (TPSA) is 62.8 Å². The summed E-state index contributed by atoms with van der Waals surface area (Å²) in [6, 6.07) is 4.76. The summed E-state index contributed by atoms with van der Waals surface area (Å²) in [6.07, 6.45) is -4.73. The van der Waals surface area contributed by atoms with E-state index in [1.54, 1.807) is 13.0 Å². The maximum absolute atomic E-state index is 14.1. The lowest BCUT2D eigenvalue weighted by molar-refractivity contribution is -0.142. The molecular formula is C17H14ClF4N3O3. The molecule has 0 radical (unpaired) electrons. The van der Waals surface area contributed by atoms with Gasteiger partial charge in [0.2, 0.25) is 0 Å². The smallest absolute Gasteiger partial charge is 0.416 e. The fourth-order valence-corrected chi connectivity index (χ4v) is 2.84. The van der Waals surface area contributed by atoms with Crippen LogP contribution >= 0.6 is 11.6 Å². The van der Waals surface area contributed by atoms with Crippen LogP contribution in [-0.2, 0) is 15.7 Å². The van der Waals surface area contributed by atoms with Gasteiger partial charge in [0.1, 0.15) is 11.8 Å². The van der Waals surface area contributed by atoms with E-state index < -0.39 is 40.3 Å². The summed E-state index contributed by atoms with van der Waals surface area (Å²) >= 11 is 5.77. The number of fused-ring (bicyclic) bond motifs is 1. The van der Waals surface area contributed by atoms with Crippen LogP contribution in [0, 0.1) is 5.82 Å². The Bertz CT molecular complexity index is 900. The first-order valence-electron chi connectivity index (χ1n) is 7.88. The highest BCUT2D eigenvalue weighted by Crippen LogP contribution is 2.40. The molecule has 150 valence electrons. The van der Waals surface area contributed by atoms with Crippen molar-refractivity contribution in [2.45, 2.75) is 19.1 Å². The molecule has 1 aliphatic rings. The van der Waals surface area contributed by atoms with Crippen LogP contribution in [0.15, 0.2) is 30.3 Å². The molecule has 0 saturated heterocycles. The standard InChI is InChI=1S/C17H14ClF4N3O3/c1-8(16(26)27-2)25-14-4-3-10(7-13(14)23-24-25)28-15-11(18)5-9(6-12(15)19)17(20,21)22/h3-8,23-24H,1-2H3. The second kappa shape index (κ2) is 7.36. The number of rotatable bonds is 4. The number of esters is 1. The second-order valence-electron chi connectivity index (χ2n) is 5.85. The molecule has 2 aromatic rings. The summed E-state index contributed by atoms with van der Waals surface area (Å²) in [6.45, 7) is 1.62. The summed E-state index contributed by atoms with van der Waals surface area (Å²) in [5, 5.41) is 0.997. The first-order chi connectivity index (χ1) is 13.1. The number of anilines is 2.